The highest BCUT2D eigenvalue weighted by Crippen LogP contribution is 2.43. The Morgan fingerprint density at radius 1 is 1.37 bits per heavy atom. The van der Waals surface area contributed by atoms with Gasteiger partial charge in [0, 0.05) is 18.6 Å². The summed E-state index contributed by atoms with van der Waals surface area (Å²) in [6.07, 6.45) is 3.07. The van der Waals surface area contributed by atoms with Crippen LogP contribution in [0.4, 0.5) is 4.79 Å². The number of nitrogens with zero attached hydrogens (tertiary/aromatic N) is 1. The van der Waals surface area contributed by atoms with Gasteiger partial charge >= 0.3 is 6.09 Å². The summed E-state index contributed by atoms with van der Waals surface area (Å²) >= 11 is 0. The number of amides is 1. The zero-order chi connectivity index (χ0) is 14.4. The highest BCUT2D eigenvalue weighted by molar-refractivity contribution is 5.69. The lowest BCUT2D eigenvalue weighted by Crippen LogP contribution is -2.52. The summed E-state index contributed by atoms with van der Waals surface area (Å²) in [4.78, 5) is 14.4. The van der Waals surface area contributed by atoms with Gasteiger partial charge in [-0.05, 0) is 51.4 Å². The lowest BCUT2D eigenvalue weighted by Gasteiger charge is -2.44. The second-order valence-corrected chi connectivity index (χ2v) is 7.94. The number of ether oxygens (including phenoxy) is 1. The van der Waals surface area contributed by atoms with Crippen LogP contribution in [0, 0.1) is 11.3 Å². The Balaban J connectivity index is 2.09. The van der Waals surface area contributed by atoms with Crippen LogP contribution in [0.25, 0.3) is 0 Å². The molecular weight excluding hydrogens is 240 g/mol. The van der Waals surface area contributed by atoms with Gasteiger partial charge in [0.25, 0.3) is 0 Å². The third-order valence-corrected chi connectivity index (χ3v) is 4.13. The smallest absolute Gasteiger partial charge is 0.410 e. The minimum absolute atomic E-state index is 0.173. The summed E-state index contributed by atoms with van der Waals surface area (Å²) < 4.78 is 5.56. The molecule has 0 spiro atoms. The molecule has 19 heavy (non-hydrogen) atoms. The molecule has 4 heteroatoms. The molecule has 1 aliphatic carbocycles. The minimum atomic E-state index is -0.436. The molecule has 0 aromatic heterocycles. The largest absolute Gasteiger partial charge is 0.444 e. The maximum atomic E-state index is 12.4. The van der Waals surface area contributed by atoms with E-state index in [0.29, 0.717) is 5.92 Å². The molecule has 110 valence electrons. The Kier molecular flexibility index (Phi) is 3.58. The maximum absolute atomic E-state index is 12.4. The summed E-state index contributed by atoms with van der Waals surface area (Å²) in [5, 5.41) is 0. The number of piperidine rings is 1. The van der Waals surface area contributed by atoms with Gasteiger partial charge in [0.05, 0.1) is 0 Å². The van der Waals surface area contributed by atoms with Gasteiger partial charge in [-0.3, -0.25) is 0 Å². The highest BCUT2D eigenvalue weighted by Gasteiger charge is 2.48. The maximum Gasteiger partial charge on any atom is 0.410 e. The van der Waals surface area contributed by atoms with E-state index in [-0.39, 0.29) is 23.6 Å². The molecule has 1 saturated carbocycles. The average molecular weight is 268 g/mol. The van der Waals surface area contributed by atoms with Crippen molar-refractivity contribution < 1.29 is 9.53 Å². The molecule has 3 atom stereocenters. The van der Waals surface area contributed by atoms with Crippen molar-refractivity contribution in [3.8, 4) is 0 Å². The van der Waals surface area contributed by atoms with E-state index in [9.17, 15) is 4.79 Å². The fourth-order valence-electron chi connectivity index (χ4n) is 3.00. The predicted octanol–water partition coefficient (Wildman–Crippen LogP) is 2.76. The third-order valence-electron chi connectivity index (χ3n) is 4.13. The SMILES string of the molecule is CC1(C)CCC(C2CC2N)N(C(=O)OC(C)(C)C)C1. The number of likely N-dealkylation sites (tertiary alicyclic amines) is 1. The third kappa shape index (κ3) is 3.62. The molecule has 4 nitrogen and oxygen atoms in total. The van der Waals surface area contributed by atoms with Crippen LogP contribution < -0.4 is 5.73 Å². The second-order valence-electron chi connectivity index (χ2n) is 7.94. The zero-order valence-electron chi connectivity index (χ0n) is 12.9. The number of hydrogen-bond donors (Lipinski definition) is 1. The number of carbonyl (C=O) groups is 1. The van der Waals surface area contributed by atoms with Gasteiger partial charge in [0.1, 0.15) is 5.60 Å². The molecule has 2 fully saturated rings. The van der Waals surface area contributed by atoms with E-state index in [2.05, 4.69) is 13.8 Å². The van der Waals surface area contributed by atoms with E-state index in [1.807, 2.05) is 25.7 Å². The van der Waals surface area contributed by atoms with Crippen molar-refractivity contribution in [1.29, 1.82) is 0 Å². The standard InChI is InChI=1S/C15H28N2O2/c1-14(2,3)19-13(18)17-9-15(4,5)7-6-12(17)10-8-11(10)16/h10-12H,6-9,16H2,1-5H3. The van der Waals surface area contributed by atoms with E-state index >= 15 is 0 Å². The molecule has 1 amide bonds. The van der Waals surface area contributed by atoms with Crippen LogP contribution in [0.2, 0.25) is 0 Å². The van der Waals surface area contributed by atoms with Crippen molar-refractivity contribution in [2.45, 2.75) is 71.6 Å². The molecule has 1 aliphatic heterocycles. The molecular formula is C15H28N2O2. The van der Waals surface area contributed by atoms with Gasteiger partial charge < -0.3 is 15.4 Å². The van der Waals surface area contributed by atoms with Crippen LogP contribution in [0.15, 0.2) is 0 Å². The molecule has 2 N–H and O–H groups in total. The first-order chi connectivity index (χ1) is 8.59. The molecule has 0 aromatic rings. The van der Waals surface area contributed by atoms with Crippen molar-refractivity contribution >= 4 is 6.09 Å². The first-order valence-electron chi connectivity index (χ1n) is 7.34. The van der Waals surface area contributed by atoms with Crippen molar-refractivity contribution in [2.75, 3.05) is 6.54 Å². The fraction of sp³-hybridized carbons (Fsp3) is 0.933. The lowest BCUT2D eigenvalue weighted by molar-refractivity contribution is -0.0114. The van der Waals surface area contributed by atoms with Crippen LogP contribution >= 0.6 is 0 Å². The van der Waals surface area contributed by atoms with Crippen molar-refractivity contribution in [2.24, 2.45) is 17.1 Å². The fourth-order valence-corrected chi connectivity index (χ4v) is 3.00. The van der Waals surface area contributed by atoms with Gasteiger partial charge in [-0.1, -0.05) is 13.8 Å². The van der Waals surface area contributed by atoms with Crippen molar-refractivity contribution in [3.63, 3.8) is 0 Å². The van der Waals surface area contributed by atoms with Crippen LogP contribution in [0.3, 0.4) is 0 Å². The van der Waals surface area contributed by atoms with E-state index < -0.39 is 5.60 Å². The van der Waals surface area contributed by atoms with Gasteiger partial charge in [-0.2, -0.15) is 0 Å². The van der Waals surface area contributed by atoms with Crippen LogP contribution in [-0.4, -0.2) is 35.2 Å². The number of carbonyl (C=O) groups excluding carboxylic acids is 1. The molecule has 3 unspecified atom stereocenters. The summed E-state index contributed by atoms with van der Waals surface area (Å²) in [6.45, 7) is 10.9. The summed E-state index contributed by atoms with van der Waals surface area (Å²) in [6, 6.07) is 0.550. The normalized spacial score (nSPS) is 34.0. The molecule has 2 rings (SSSR count). The van der Waals surface area contributed by atoms with E-state index in [4.69, 9.17) is 10.5 Å². The highest BCUT2D eigenvalue weighted by atomic mass is 16.6. The van der Waals surface area contributed by atoms with Gasteiger partial charge in [-0.15, -0.1) is 0 Å². The van der Waals surface area contributed by atoms with Crippen LogP contribution in [0.5, 0.6) is 0 Å². The van der Waals surface area contributed by atoms with Gasteiger partial charge in [0.15, 0.2) is 0 Å². The van der Waals surface area contributed by atoms with Gasteiger partial charge in [-0.25, -0.2) is 4.79 Å². The minimum Gasteiger partial charge on any atom is -0.444 e. The first-order valence-corrected chi connectivity index (χ1v) is 7.34. The molecule has 2 aliphatic rings. The summed E-state index contributed by atoms with van der Waals surface area (Å²) in [5.74, 6) is 0.476. The number of nitrogens with two attached hydrogens (primary N) is 1. The Bertz CT molecular complexity index is 360. The van der Waals surface area contributed by atoms with E-state index in [1.165, 1.54) is 0 Å². The van der Waals surface area contributed by atoms with Crippen LogP contribution in [0.1, 0.15) is 53.9 Å². The topological polar surface area (TPSA) is 55.6 Å². The molecule has 0 aromatic carbocycles. The first kappa shape index (κ1) is 14.6. The Morgan fingerprint density at radius 2 is 1.95 bits per heavy atom. The summed E-state index contributed by atoms with van der Waals surface area (Å²) in [7, 11) is 0. The molecule has 1 saturated heterocycles. The van der Waals surface area contributed by atoms with E-state index in [1.54, 1.807) is 0 Å². The van der Waals surface area contributed by atoms with Gasteiger partial charge in [0.2, 0.25) is 0 Å². The Hall–Kier alpha value is -0.770. The van der Waals surface area contributed by atoms with E-state index in [0.717, 1.165) is 25.8 Å². The Morgan fingerprint density at radius 3 is 2.42 bits per heavy atom. The number of hydrogen-bond acceptors (Lipinski definition) is 3. The molecule has 1 heterocycles. The molecule has 0 radical (unpaired) electrons. The van der Waals surface area contributed by atoms with Crippen LogP contribution in [-0.2, 0) is 4.74 Å². The van der Waals surface area contributed by atoms with Crippen molar-refractivity contribution in [1.82, 2.24) is 4.90 Å². The monoisotopic (exact) mass is 268 g/mol. The van der Waals surface area contributed by atoms with Crippen molar-refractivity contribution in [3.05, 3.63) is 0 Å². The number of rotatable bonds is 1. The lowest BCUT2D eigenvalue weighted by atomic mass is 9.80. The Labute approximate surface area is 116 Å². The molecule has 0 bridgehead atoms. The average Bonchev–Trinajstić information content (AvgIpc) is 2.91. The zero-order valence-corrected chi connectivity index (χ0v) is 12.9. The second kappa shape index (κ2) is 4.65. The summed E-state index contributed by atoms with van der Waals surface area (Å²) in [5.41, 5.74) is 5.71. The predicted molar refractivity (Wildman–Crippen MR) is 75.8 cm³/mol. The quantitative estimate of drug-likeness (QED) is 0.795.